The molecule has 0 spiro atoms. The minimum Gasteiger partial charge on any atom is -0.453 e. The van der Waals surface area contributed by atoms with Gasteiger partial charge in [0.05, 0.1) is 5.39 Å². The number of amides is 2. The molecule has 146 valence electrons. The van der Waals surface area contributed by atoms with E-state index < -0.39 is 11.8 Å². The SMILES string of the molecule is O=C(NCc1ccc(F)cc1)Nc1ccc(Oc2ccnc3[nH]ccc23)c(F)c1. The Morgan fingerprint density at radius 3 is 2.66 bits per heavy atom. The van der Waals surface area contributed by atoms with Crippen LogP contribution in [0.25, 0.3) is 11.0 Å². The summed E-state index contributed by atoms with van der Waals surface area (Å²) in [6.45, 7) is 0.213. The molecular weight excluding hydrogens is 378 g/mol. The highest BCUT2D eigenvalue weighted by Crippen LogP contribution is 2.31. The second-order valence-electron chi connectivity index (χ2n) is 6.23. The molecule has 0 radical (unpaired) electrons. The summed E-state index contributed by atoms with van der Waals surface area (Å²) in [6, 6.07) is 12.8. The second kappa shape index (κ2) is 7.97. The molecular formula is C21H16F2N4O2. The summed E-state index contributed by atoms with van der Waals surface area (Å²) >= 11 is 0. The molecule has 29 heavy (non-hydrogen) atoms. The van der Waals surface area contributed by atoms with E-state index in [0.717, 1.165) is 10.9 Å². The second-order valence-corrected chi connectivity index (χ2v) is 6.23. The van der Waals surface area contributed by atoms with Gasteiger partial charge < -0.3 is 20.4 Å². The molecule has 0 aliphatic heterocycles. The highest BCUT2D eigenvalue weighted by atomic mass is 19.1. The third-order valence-electron chi connectivity index (χ3n) is 4.20. The topological polar surface area (TPSA) is 79.0 Å². The molecule has 0 aliphatic rings. The van der Waals surface area contributed by atoms with Crippen LogP contribution in [-0.2, 0) is 6.54 Å². The first-order chi connectivity index (χ1) is 14.1. The number of ether oxygens (including phenoxy) is 1. The number of aromatic nitrogens is 2. The largest absolute Gasteiger partial charge is 0.453 e. The quantitative estimate of drug-likeness (QED) is 0.448. The van der Waals surface area contributed by atoms with Crippen molar-refractivity contribution in [3.05, 3.63) is 84.2 Å². The average molecular weight is 394 g/mol. The Labute approximate surface area is 164 Å². The Balaban J connectivity index is 1.39. The van der Waals surface area contributed by atoms with Gasteiger partial charge in [0.15, 0.2) is 11.6 Å². The maximum atomic E-state index is 14.4. The summed E-state index contributed by atoms with van der Waals surface area (Å²) < 4.78 is 33.0. The fraction of sp³-hybridized carbons (Fsp3) is 0.0476. The lowest BCUT2D eigenvalue weighted by Gasteiger charge is -2.11. The van der Waals surface area contributed by atoms with Crippen LogP contribution in [0.2, 0.25) is 0 Å². The number of carbonyl (C=O) groups is 1. The number of hydrogen-bond acceptors (Lipinski definition) is 3. The zero-order valence-corrected chi connectivity index (χ0v) is 15.1. The van der Waals surface area contributed by atoms with Crippen LogP contribution in [0, 0.1) is 11.6 Å². The van der Waals surface area contributed by atoms with E-state index in [1.165, 1.54) is 30.3 Å². The van der Waals surface area contributed by atoms with Crippen LogP contribution < -0.4 is 15.4 Å². The number of urea groups is 1. The zero-order valence-electron chi connectivity index (χ0n) is 15.1. The molecule has 0 unspecified atom stereocenters. The Morgan fingerprint density at radius 1 is 1.03 bits per heavy atom. The summed E-state index contributed by atoms with van der Waals surface area (Å²) in [5.74, 6) is -0.481. The molecule has 2 aromatic carbocycles. The fourth-order valence-electron chi connectivity index (χ4n) is 2.76. The number of H-pyrrole nitrogens is 1. The maximum Gasteiger partial charge on any atom is 0.319 e. The van der Waals surface area contributed by atoms with E-state index >= 15 is 0 Å². The first-order valence-corrected chi connectivity index (χ1v) is 8.77. The molecule has 0 bridgehead atoms. The minimum atomic E-state index is -0.623. The van der Waals surface area contributed by atoms with E-state index in [1.807, 2.05) is 0 Å². The van der Waals surface area contributed by atoms with Crippen molar-refractivity contribution in [3.8, 4) is 11.5 Å². The Kier molecular flexibility index (Phi) is 5.07. The van der Waals surface area contributed by atoms with Crippen LogP contribution in [0.5, 0.6) is 11.5 Å². The highest BCUT2D eigenvalue weighted by molar-refractivity contribution is 5.89. The van der Waals surface area contributed by atoms with Crippen LogP contribution in [0.15, 0.2) is 67.0 Å². The van der Waals surface area contributed by atoms with E-state index in [2.05, 4.69) is 20.6 Å². The number of aromatic amines is 1. The predicted octanol–water partition coefficient (Wildman–Crippen LogP) is 4.96. The van der Waals surface area contributed by atoms with Crippen molar-refractivity contribution in [3.63, 3.8) is 0 Å². The van der Waals surface area contributed by atoms with Gasteiger partial charge in [-0.15, -0.1) is 0 Å². The number of fused-ring (bicyclic) bond motifs is 1. The standard InChI is InChI=1S/C21H16F2N4O2/c22-14-3-1-13(2-4-14)12-26-21(28)27-15-5-6-19(17(23)11-15)29-18-8-10-25-20-16(18)7-9-24-20/h1-11H,12H2,(H,24,25)(H2,26,27,28). The van der Waals surface area contributed by atoms with Crippen LogP contribution in [0.3, 0.4) is 0 Å². The zero-order chi connectivity index (χ0) is 20.2. The summed E-state index contributed by atoms with van der Waals surface area (Å²) in [7, 11) is 0. The average Bonchev–Trinajstić information content (AvgIpc) is 3.19. The van der Waals surface area contributed by atoms with Gasteiger partial charge in [-0.2, -0.15) is 0 Å². The van der Waals surface area contributed by atoms with Crippen LogP contribution in [-0.4, -0.2) is 16.0 Å². The van der Waals surface area contributed by atoms with Gasteiger partial charge in [0, 0.05) is 30.7 Å². The van der Waals surface area contributed by atoms with Crippen molar-refractivity contribution in [1.82, 2.24) is 15.3 Å². The molecule has 0 atom stereocenters. The molecule has 2 amide bonds. The van der Waals surface area contributed by atoms with E-state index in [9.17, 15) is 13.6 Å². The first-order valence-electron chi connectivity index (χ1n) is 8.77. The molecule has 3 N–H and O–H groups in total. The highest BCUT2D eigenvalue weighted by Gasteiger charge is 2.11. The Bertz CT molecular complexity index is 1160. The van der Waals surface area contributed by atoms with Crippen molar-refractivity contribution >= 4 is 22.8 Å². The molecule has 2 heterocycles. The van der Waals surface area contributed by atoms with Crippen molar-refractivity contribution in [2.45, 2.75) is 6.54 Å². The van der Waals surface area contributed by atoms with Crippen LogP contribution in [0.1, 0.15) is 5.56 Å². The summed E-state index contributed by atoms with van der Waals surface area (Å²) in [4.78, 5) is 19.1. The van der Waals surface area contributed by atoms with Gasteiger partial charge in [-0.1, -0.05) is 12.1 Å². The van der Waals surface area contributed by atoms with Crippen molar-refractivity contribution in [2.24, 2.45) is 0 Å². The summed E-state index contributed by atoms with van der Waals surface area (Å²) in [5, 5.41) is 5.90. The summed E-state index contributed by atoms with van der Waals surface area (Å²) in [5.41, 5.74) is 1.65. The number of benzene rings is 2. The summed E-state index contributed by atoms with van der Waals surface area (Å²) in [6.07, 6.45) is 3.28. The number of rotatable bonds is 5. The molecule has 6 nitrogen and oxygen atoms in total. The third-order valence-corrected chi connectivity index (χ3v) is 4.20. The third kappa shape index (κ3) is 4.32. The lowest BCUT2D eigenvalue weighted by molar-refractivity contribution is 0.251. The van der Waals surface area contributed by atoms with Gasteiger partial charge in [0.25, 0.3) is 0 Å². The predicted molar refractivity (Wildman–Crippen MR) is 105 cm³/mol. The Hall–Kier alpha value is -3.94. The van der Waals surface area contributed by atoms with Gasteiger partial charge >= 0.3 is 6.03 Å². The van der Waals surface area contributed by atoms with E-state index in [4.69, 9.17) is 4.74 Å². The molecule has 2 aromatic heterocycles. The normalized spacial score (nSPS) is 10.7. The lowest BCUT2D eigenvalue weighted by atomic mass is 10.2. The Morgan fingerprint density at radius 2 is 1.86 bits per heavy atom. The number of nitrogens with zero attached hydrogens (tertiary/aromatic N) is 1. The van der Waals surface area contributed by atoms with Gasteiger partial charge in [-0.3, -0.25) is 0 Å². The molecule has 0 fully saturated rings. The number of halogens is 2. The molecule has 0 aliphatic carbocycles. The lowest BCUT2D eigenvalue weighted by Crippen LogP contribution is -2.28. The molecule has 4 rings (SSSR count). The molecule has 0 saturated heterocycles. The number of nitrogens with one attached hydrogen (secondary N) is 3. The smallest absolute Gasteiger partial charge is 0.319 e. The fourth-order valence-corrected chi connectivity index (χ4v) is 2.76. The molecule has 8 heteroatoms. The van der Waals surface area contributed by atoms with Gasteiger partial charge in [-0.05, 0) is 42.0 Å². The minimum absolute atomic E-state index is 0.0240. The van der Waals surface area contributed by atoms with Crippen LogP contribution >= 0.6 is 0 Å². The van der Waals surface area contributed by atoms with E-state index in [1.54, 1.807) is 36.7 Å². The van der Waals surface area contributed by atoms with Gasteiger partial charge in [0.2, 0.25) is 0 Å². The molecule has 4 aromatic rings. The number of anilines is 1. The maximum absolute atomic E-state index is 14.4. The first kappa shape index (κ1) is 18.4. The number of carbonyl (C=O) groups excluding carboxylic acids is 1. The van der Waals surface area contributed by atoms with E-state index in [-0.39, 0.29) is 23.8 Å². The van der Waals surface area contributed by atoms with Gasteiger partial charge in [0.1, 0.15) is 17.2 Å². The molecule has 0 saturated carbocycles. The van der Waals surface area contributed by atoms with E-state index in [0.29, 0.717) is 11.4 Å². The van der Waals surface area contributed by atoms with Crippen molar-refractivity contribution < 1.29 is 18.3 Å². The van der Waals surface area contributed by atoms with Crippen molar-refractivity contribution in [1.29, 1.82) is 0 Å². The van der Waals surface area contributed by atoms with Crippen LogP contribution in [0.4, 0.5) is 19.3 Å². The number of pyridine rings is 1. The van der Waals surface area contributed by atoms with Gasteiger partial charge in [-0.25, -0.2) is 18.6 Å². The van der Waals surface area contributed by atoms with Crippen molar-refractivity contribution in [2.75, 3.05) is 5.32 Å². The monoisotopic (exact) mass is 394 g/mol. The number of hydrogen-bond donors (Lipinski definition) is 3.